The minimum atomic E-state index is 0.624. The van der Waals surface area contributed by atoms with Crippen LogP contribution < -0.4 is 4.90 Å². The Kier molecular flexibility index (Phi) is 2.52. The van der Waals surface area contributed by atoms with Gasteiger partial charge >= 0.3 is 0 Å². The van der Waals surface area contributed by atoms with Crippen LogP contribution in [0.25, 0.3) is 11.0 Å². The summed E-state index contributed by atoms with van der Waals surface area (Å²) >= 11 is 0. The highest BCUT2D eigenvalue weighted by Crippen LogP contribution is 2.28. The third-order valence-corrected chi connectivity index (χ3v) is 3.55. The van der Waals surface area contributed by atoms with Crippen molar-refractivity contribution >= 4 is 16.8 Å². The van der Waals surface area contributed by atoms with Crippen LogP contribution in [0.5, 0.6) is 0 Å². The molecule has 0 spiro atoms. The zero-order valence-corrected chi connectivity index (χ0v) is 10.3. The van der Waals surface area contributed by atoms with E-state index in [1.54, 1.807) is 6.26 Å². The van der Waals surface area contributed by atoms with Gasteiger partial charge in [0.05, 0.1) is 11.6 Å². The molecule has 3 heterocycles. The molecule has 0 aliphatic carbocycles. The molecule has 4 heteroatoms. The quantitative estimate of drug-likeness (QED) is 0.791. The van der Waals surface area contributed by atoms with Crippen molar-refractivity contribution in [3.05, 3.63) is 24.6 Å². The van der Waals surface area contributed by atoms with Crippen LogP contribution in [0.3, 0.4) is 0 Å². The van der Waals surface area contributed by atoms with E-state index in [0.29, 0.717) is 6.04 Å². The number of hydrogen-bond donors (Lipinski definition) is 0. The molecule has 0 aromatic carbocycles. The molecule has 17 heavy (non-hydrogen) atoms. The topological polar surface area (TPSA) is 32.5 Å². The van der Waals surface area contributed by atoms with E-state index in [9.17, 15) is 0 Å². The summed E-state index contributed by atoms with van der Waals surface area (Å²) in [6.07, 6.45) is 4.75. The van der Waals surface area contributed by atoms with Gasteiger partial charge in [-0.05, 0) is 32.6 Å². The predicted molar refractivity (Wildman–Crippen MR) is 68.3 cm³/mol. The largest absolute Gasteiger partial charge is 0.464 e. The summed E-state index contributed by atoms with van der Waals surface area (Å²) in [4.78, 5) is 9.14. The molecule has 4 nitrogen and oxygen atoms in total. The molecule has 1 fully saturated rings. The highest BCUT2D eigenvalue weighted by molar-refractivity contribution is 5.88. The van der Waals surface area contributed by atoms with E-state index in [1.165, 1.54) is 6.42 Å². The Morgan fingerprint density at radius 3 is 3.06 bits per heavy atom. The lowest BCUT2D eigenvalue weighted by Crippen LogP contribution is -2.31. The number of anilines is 1. The van der Waals surface area contributed by atoms with Crippen LogP contribution in [0.2, 0.25) is 0 Å². The molecular weight excluding hydrogens is 214 g/mol. The maximum atomic E-state index is 5.42. The number of furan rings is 1. The average molecular weight is 231 g/mol. The van der Waals surface area contributed by atoms with Gasteiger partial charge in [0.25, 0.3) is 0 Å². The average Bonchev–Trinajstić information content (AvgIpc) is 2.97. The lowest BCUT2D eigenvalue weighted by Gasteiger charge is -2.21. The van der Waals surface area contributed by atoms with Crippen molar-refractivity contribution < 1.29 is 4.42 Å². The molecule has 3 rings (SSSR count). The number of pyridine rings is 1. The number of fused-ring (bicyclic) bond motifs is 1. The molecule has 1 aliphatic rings. The molecule has 1 aliphatic heterocycles. The normalized spacial score (nSPS) is 20.6. The molecule has 1 atom stereocenters. The fraction of sp³-hybridized carbons (Fsp3) is 0.462. The second kappa shape index (κ2) is 4.04. The number of likely N-dealkylation sites (N-methyl/N-ethyl adjacent to an activating group) is 1. The van der Waals surface area contributed by atoms with Crippen LogP contribution in [-0.4, -0.2) is 43.1 Å². The minimum Gasteiger partial charge on any atom is -0.464 e. The van der Waals surface area contributed by atoms with Crippen molar-refractivity contribution in [3.63, 3.8) is 0 Å². The van der Waals surface area contributed by atoms with Crippen molar-refractivity contribution in [2.24, 2.45) is 0 Å². The molecule has 90 valence electrons. The van der Waals surface area contributed by atoms with E-state index >= 15 is 0 Å². The zero-order valence-electron chi connectivity index (χ0n) is 10.3. The first kappa shape index (κ1) is 10.6. The lowest BCUT2D eigenvalue weighted by molar-refractivity contribution is 0.315. The van der Waals surface area contributed by atoms with Crippen molar-refractivity contribution in [2.45, 2.75) is 12.5 Å². The molecule has 0 radical (unpaired) electrons. The smallest absolute Gasteiger partial charge is 0.139 e. The van der Waals surface area contributed by atoms with Gasteiger partial charge in [0.2, 0.25) is 0 Å². The fourth-order valence-electron chi connectivity index (χ4n) is 2.49. The number of nitrogens with zero attached hydrogens (tertiary/aromatic N) is 3. The Morgan fingerprint density at radius 2 is 2.29 bits per heavy atom. The van der Waals surface area contributed by atoms with Crippen LogP contribution in [0.15, 0.2) is 29.0 Å². The van der Waals surface area contributed by atoms with Gasteiger partial charge in [-0.3, -0.25) is 0 Å². The Hall–Kier alpha value is -1.55. The predicted octanol–water partition coefficient (Wildman–Crippen LogP) is 1.97. The molecule has 2 aromatic heterocycles. The van der Waals surface area contributed by atoms with Crippen molar-refractivity contribution in [3.8, 4) is 0 Å². The van der Waals surface area contributed by atoms with E-state index in [1.807, 2.05) is 18.3 Å². The van der Waals surface area contributed by atoms with Gasteiger partial charge in [-0.2, -0.15) is 0 Å². The van der Waals surface area contributed by atoms with E-state index in [2.05, 4.69) is 28.9 Å². The van der Waals surface area contributed by atoms with E-state index in [-0.39, 0.29) is 0 Å². The van der Waals surface area contributed by atoms with Gasteiger partial charge < -0.3 is 14.2 Å². The maximum absolute atomic E-state index is 5.42. The Balaban J connectivity index is 1.92. The molecule has 0 N–H and O–H groups in total. The summed E-state index contributed by atoms with van der Waals surface area (Å²) in [6.45, 7) is 2.12. The second-order valence-electron chi connectivity index (χ2n) is 4.82. The van der Waals surface area contributed by atoms with Gasteiger partial charge in [-0.25, -0.2) is 4.98 Å². The number of rotatable bonds is 2. The monoisotopic (exact) mass is 231 g/mol. The van der Waals surface area contributed by atoms with Gasteiger partial charge in [-0.1, -0.05) is 0 Å². The van der Waals surface area contributed by atoms with Crippen LogP contribution in [-0.2, 0) is 0 Å². The van der Waals surface area contributed by atoms with Gasteiger partial charge in [0, 0.05) is 25.3 Å². The first-order chi connectivity index (χ1) is 8.25. The van der Waals surface area contributed by atoms with Crippen molar-refractivity contribution in [1.82, 2.24) is 9.88 Å². The number of hydrogen-bond acceptors (Lipinski definition) is 4. The van der Waals surface area contributed by atoms with Gasteiger partial charge in [0.15, 0.2) is 0 Å². The summed E-state index contributed by atoms with van der Waals surface area (Å²) in [5, 5.41) is 1.12. The van der Waals surface area contributed by atoms with E-state index in [4.69, 9.17) is 4.42 Å². The molecule has 2 aromatic rings. The van der Waals surface area contributed by atoms with Crippen molar-refractivity contribution in [2.75, 3.05) is 32.1 Å². The Bertz CT molecular complexity index is 520. The maximum Gasteiger partial charge on any atom is 0.139 e. The van der Waals surface area contributed by atoms with Crippen LogP contribution in [0.4, 0.5) is 5.82 Å². The summed E-state index contributed by atoms with van der Waals surface area (Å²) in [6, 6.07) is 4.54. The summed E-state index contributed by atoms with van der Waals surface area (Å²) in [7, 11) is 4.28. The van der Waals surface area contributed by atoms with Crippen molar-refractivity contribution in [1.29, 1.82) is 0 Å². The zero-order chi connectivity index (χ0) is 11.8. The highest BCUT2D eigenvalue weighted by atomic mass is 16.3. The van der Waals surface area contributed by atoms with E-state index in [0.717, 1.165) is 29.9 Å². The van der Waals surface area contributed by atoms with Crippen LogP contribution >= 0.6 is 0 Å². The Labute approximate surface area is 101 Å². The molecule has 0 bridgehead atoms. The van der Waals surface area contributed by atoms with Crippen LogP contribution in [0.1, 0.15) is 6.42 Å². The summed E-state index contributed by atoms with van der Waals surface area (Å²) < 4.78 is 5.42. The van der Waals surface area contributed by atoms with Gasteiger partial charge in [0.1, 0.15) is 11.4 Å². The summed E-state index contributed by atoms with van der Waals surface area (Å²) in [5.41, 5.74) is 0.920. The molecule has 0 saturated carbocycles. The SMILES string of the molecule is CN(C)[C@H]1CCN(c2nccc3occc23)C1. The molecular formula is C13H17N3O. The third-order valence-electron chi connectivity index (χ3n) is 3.55. The van der Waals surface area contributed by atoms with Gasteiger partial charge in [-0.15, -0.1) is 0 Å². The fourth-order valence-corrected chi connectivity index (χ4v) is 2.49. The highest BCUT2D eigenvalue weighted by Gasteiger charge is 2.26. The van der Waals surface area contributed by atoms with E-state index < -0.39 is 0 Å². The molecule has 0 amide bonds. The second-order valence-corrected chi connectivity index (χ2v) is 4.82. The molecule has 1 saturated heterocycles. The summed E-state index contributed by atoms with van der Waals surface area (Å²) in [5.74, 6) is 1.06. The minimum absolute atomic E-state index is 0.624. The lowest BCUT2D eigenvalue weighted by atomic mass is 10.2. The van der Waals surface area contributed by atoms with Crippen LogP contribution in [0, 0.1) is 0 Å². The Morgan fingerprint density at radius 1 is 1.41 bits per heavy atom. The third kappa shape index (κ3) is 1.78. The first-order valence-corrected chi connectivity index (χ1v) is 5.99. The number of aromatic nitrogens is 1. The standard InChI is InChI=1S/C13H17N3O/c1-15(2)10-4-7-16(9-10)13-11-5-8-17-12(11)3-6-14-13/h3,5-6,8,10H,4,7,9H2,1-2H3/t10-/m0/s1. The first-order valence-electron chi connectivity index (χ1n) is 5.99. The molecule has 0 unspecified atom stereocenters.